The standard InChI is InChI=1S/C37H45N/c1-24(2)30-18-12-19-31(25(3)4)35(30)37(36-32(26(5)6)20-13-21-33(36)27(7)8)38-23-22-29-16-11-15-28-14-9-10-17-34(28)29/h9-21,23-27,37H,22H2,1-8H3. The molecule has 0 bridgehead atoms. The van der Waals surface area contributed by atoms with Crippen molar-refractivity contribution in [3.05, 3.63) is 118 Å². The second-order valence-corrected chi connectivity index (χ2v) is 11.9. The van der Waals surface area contributed by atoms with Gasteiger partial charge in [-0.15, -0.1) is 0 Å². The van der Waals surface area contributed by atoms with Crippen molar-refractivity contribution in [3.63, 3.8) is 0 Å². The molecule has 0 saturated carbocycles. The first-order valence-corrected chi connectivity index (χ1v) is 14.4. The highest BCUT2D eigenvalue weighted by Crippen LogP contribution is 2.43. The first-order chi connectivity index (χ1) is 18.2. The Hall–Kier alpha value is -3.19. The Bertz CT molecular complexity index is 1280. The molecule has 0 fully saturated rings. The number of benzene rings is 4. The molecule has 0 aliphatic carbocycles. The van der Waals surface area contributed by atoms with E-state index in [-0.39, 0.29) is 6.04 Å². The zero-order chi connectivity index (χ0) is 27.4. The maximum atomic E-state index is 5.51. The van der Waals surface area contributed by atoms with Gasteiger partial charge < -0.3 is 0 Å². The highest BCUT2D eigenvalue weighted by atomic mass is 14.8. The number of nitrogens with zero attached hydrogens (tertiary/aromatic N) is 1. The van der Waals surface area contributed by atoms with E-state index < -0.39 is 0 Å². The monoisotopic (exact) mass is 503 g/mol. The van der Waals surface area contributed by atoms with Gasteiger partial charge in [0.15, 0.2) is 0 Å². The Labute approximate surface area is 231 Å². The van der Waals surface area contributed by atoms with E-state index in [2.05, 4.69) is 140 Å². The van der Waals surface area contributed by atoms with Gasteiger partial charge in [0.2, 0.25) is 0 Å². The van der Waals surface area contributed by atoms with Crippen molar-refractivity contribution in [2.75, 3.05) is 0 Å². The molecule has 0 saturated heterocycles. The molecule has 1 nitrogen and oxygen atoms in total. The Morgan fingerprint density at radius 1 is 0.526 bits per heavy atom. The molecule has 198 valence electrons. The van der Waals surface area contributed by atoms with Crippen LogP contribution in [0.4, 0.5) is 0 Å². The van der Waals surface area contributed by atoms with Crippen molar-refractivity contribution in [3.8, 4) is 0 Å². The molecule has 0 aliphatic heterocycles. The average Bonchev–Trinajstić information content (AvgIpc) is 2.90. The summed E-state index contributed by atoms with van der Waals surface area (Å²) < 4.78 is 0. The van der Waals surface area contributed by atoms with Gasteiger partial charge in [-0.25, -0.2) is 0 Å². The fourth-order valence-corrected chi connectivity index (χ4v) is 5.87. The van der Waals surface area contributed by atoms with Crippen LogP contribution in [-0.4, -0.2) is 6.21 Å². The van der Waals surface area contributed by atoms with Crippen LogP contribution in [0.5, 0.6) is 0 Å². The molecule has 0 aromatic heterocycles. The number of hydrogen-bond donors (Lipinski definition) is 0. The predicted octanol–water partition coefficient (Wildman–Crippen LogP) is 10.7. The molecular weight excluding hydrogens is 458 g/mol. The fraction of sp³-hybridized carbons (Fsp3) is 0.378. The van der Waals surface area contributed by atoms with E-state index in [4.69, 9.17) is 4.99 Å². The lowest BCUT2D eigenvalue weighted by molar-refractivity contribution is 0.717. The van der Waals surface area contributed by atoms with E-state index in [1.165, 1.54) is 49.7 Å². The molecule has 1 heteroatoms. The summed E-state index contributed by atoms with van der Waals surface area (Å²) >= 11 is 0. The summed E-state index contributed by atoms with van der Waals surface area (Å²) in [7, 11) is 0. The largest absolute Gasteiger partial charge is 0.284 e. The van der Waals surface area contributed by atoms with Gasteiger partial charge in [-0.1, -0.05) is 134 Å². The number of hydrogen-bond acceptors (Lipinski definition) is 1. The molecule has 38 heavy (non-hydrogen) atoms. The van der Waals surface area contributed by atoms with E-state index in [0.29, 0.717) is 23.7 Å². The van der Waals surface area contributed by atoms with Crippen LogP contribution in [0.15, 0.2) is 83.9 Å². The topological polar surface area (TPSA) is 12.4 Å². The molecule has 0 radical (unpaired) electrons. The average molecular weight is 504 g/mol. The maximum Gasteiger partial charge on any atom is 0.101 e. The van der Waals surface area contributed by atoms with Crippen molar-refractivity contribution in [2.45, 2.75) is 91.5 Å². The minimum atomic E-state index is -0.0306. The minimum Gasteiger partial charge on any atom is -0.284 e. The van der Waals surface area contributed by atoms with Crippen molar-refractivity contribution in [2.24, 2.45) is 4.99 Å². The van der Waals surface area contributed by atoms with E-state index in [1.807, 2.05) is 0 Å². The summed E-state index contributed by atoms with van der Waals surface area (Å²) in [4.78, 5) is 5.51. The third kappa shape index (κ3) is 5.78. The third-order valence-corrected chi connectivity index (χ3v) is 7.83. The Morgan fingerprint density at radius 3 is 1.42 bits per heavy atom. The van der Waals surface area contributed by atoms with Gasteiger partial charge in [0, 0.05) is 12.6 Å². The smallest absolute Gasteiger partial charge is 0.101 e. The molecule has 0 spiro atoms. The van der Waals surface area contributed by atoms with Crippen LogP contribution in [0.1, 0.15) is 124 Å². The maximum absolute atomic E-state index is 5.51. The van der Waals surface area contributed by atoms with Crippen LogP contribution in [0.2, 0.25) is 0 Å². The van der Waals surface area contributed by atoms with Crippen LogP contribution in [-0.2, 0) is 6.42 Å². The SMILES string of the molecule is CC(C)c1cccc(C(C)C)c1C(N=CCc1cccc2ccccc12)c1c(C(C)C)cccc1C(C)C. The minimum absolute atomic E-state index is 0.0306. The Morgan fingerprint density at radius 2 is 0.947 bits per heavy atom. The lowest BCUT2D eigenvalue weighted by atomic mass is 9.78. The second-order valence-electron chi connectivity index (χ2n) is 11.9. The van der Waals surface area contributed by atoms with Gasteiger partial charge in [-0.05, 0) is 73.4 Å². The van der Waals surface area contributed by atoms with Gasteiger partial charge >= 0.3 is 0 Å². The molecule has 0 atom stereocenters. The highest BCUT2D eigenvalue weighted by Gasteiger charge is 2.28. The van der Waals surface area contributed by atoms with Gasteiger partial charge in [-0.2, -0.15) is 0 Å². The van der Waals surface area contributed by atoms with E-state index in [0.717, 1.165) is 6.42 Å². The van der Waals surface area contributed by atoms with Crippen LogP contribution < -0.4 is 0 Å². The van der Waals surface area contributed by atoms with Gasteiger partial charge in [-0.3, -0.25) is 4.99 Å². The molecule has 0 amide bonds. The predicted molar refractivity (Wildman–Crippen MR) is 167 cm³/mol. The van der Waals surface area contributed by atoms with Crippen molar-refractivity contribution < 1.29 is 0 Å². The van der Waals surface area contributed by atoms with Crippen LogP contribution in [0, 0.1) is 0 Å². The van der Waals surface area contributed by atoms with Crippen LogP contribution in [0.25, 0.3) is 10.8 Å². The zero-order valence-electron chi connectivity index (χ0n) is 24.6. The van der Waals surface area contributed by atoms with Crippen LogP contribution in [0.3, 0.4) is 0 Å². The molecule has 0 heterocycles. The molecule has 4 aromatic rings. The van der Waals surface area contributed by atoms with Gasteiger partial charge in [0.25, 0.3) is 0 Å². The Balaban J connectivity index is 1.95. The van der Waals surface area contributed by atoms with Crippen LogP contribution >= 0.6 is 0 Å². The molecule has 0 N–H and O–H groups in total. The fourth-order valence-electron chi connectivity index (χ4n) is 5.87. The molecular formula is C37H45N. The summed E-state index contributed by atoms with van der Waals surface area (Å²) in [6.45, 7) is 18.5. The number of aliphatic imine (C=N–C) groups is 1. The van der Waals surface area contributed by atoms with Crippen molar-refractivity contribution >= 4 is 17.0 Å². The van der Waals surface area contributed by atoms with Gasteiger partial charge in [0.05, 0.1) is 0 Å². The lowest BCUT2D eigenvalue weighted by Gasteiger charge is -2.30. The van der Waals surface area contributed by atoms with Gasteiger partial charge in [0.1, 0.15) is 6.04 Å². The lowest BCUT2D eigenvalue weighted by Crippen LogP contribution is -2.14. The quantitative estimate of drug-likeness (QED) is 0.201. The molecule has 4 aromatic carbocycles. The Kier molecular flexibility index (Phi) is 8.87. The summed E-state index contributed by atoms with van der Waals surface area (Å²) in [5, 5.41) is 2.60. The van der Waals surface area contributed by atoms with E-state index >= 15 is 0 Å². The molecule has 0 aliphatic rings. The zero-order valence-corrected chi connectivity index (χ0v) is 24.6. The highest BCUT2D eigenvalue weighted by molar-refractivity contribution is 5.87. The summed E-state index contributed by atoms with van der Waals surface area (Å²) in [6, 6.07) is 29.0. The normalized spacial score (nSPS) is 12.3. The molecule has 0 unspecified atom stereocenters. The van der Waals surface area contributed by atoms with E-state index in [1.54, 1.807) is 0 Å². The van der Waals surface area contributed by atoms with E-state index in [9.17, 15) is 0 Å². The molecule has 4 rings (SSSR count). The number of fused-ring (bicyclic) bond motifs is 1. The second kappa shape index (κ2) is 12.1. The first kappa shape index (κ1) is 27.8. The first-order valence-electron chi connectivity index (χ1n) is 14.4. The number of rotatable bonds is 9. The summed E-state index contributed by atoms with van der Waals surface area (Å²) in [5.41, 5.74) is 9.79. The van der Waals surface area contributed by atoms with Crippen molar-refractivity contribution in [1.29, 1.82) is 0 Å². The third-order valence-electron chi connectivity index (χ3n) is 7.83. The summed E-state index contributed by atoms with van der Waals surface area (Å²) in [6.07, 6.45) is 3.01. The van der Waals surface area contributed by atoms with Crippen molar-refractivity contribution in [1.82, 2.24) is 0 Å². The summed E-state index contributed by atoms with van der Waals surface area (Å²) in [5.74, 6) is 1.70.